The van der Waals surface area contributed by atoms with E-state index in [4.69, 9.17) is 5.11 Å². The van der Waals surface area contributed by atoms with Gasteiger partial charge in [-0.05, 0) is 37.3 Å². The molecule has 2 fully saturated rings. The smallest absolute Gasteiger partial charge is 0.264 e. The topological polar surface area (TPSA) is 40.5 Å². The highest BCUT2D eigenvalue weighted by molar-refractivity contribution is 7.14. The number of fused-ring (bicyclic) bond motifs is 1. The highest BCUT2D eigenvalue weighted by atomic mass is 32.1. The SMILES string of the molecule is O=C(c1ccc(C#CCO)s1)N1CCC2CCCCC21. The maximum Gasteiger partial charge on any atom is 0.264 e. The van der Waals surface area contributed by atoms with Gasteiger partial charge in [0.15, 0.2) is 0 Å². The van der Waals surface area contributed by atoms with Gasteiger partial charge in [-0.2, -0.15) is 0 Å². The summed E-state index contributed by atoms with van der Waals surface area (Å²) in [6.07, 6.45) is 6.19. The second kappa shape index (κ2) is 5.99. The first kappa shape index (κ1) is 13.7. The van der Waals surface area contributed by atoms with Gasteiger partial charge in [-0.3, -0.25) is 4.79 Å². The van der Waals surface area contributed by atoms with Crippen molar-refractivity contribution in [2.24, 2.45) is 5.92 Å². The molecule has 20 heavy (non-hydrogen) atoms. The van der Waals surface area contributed by atoms with E-state index in [0.717, 1.165) is 22.2 Å². The van der Waals surface area contributed by atoms with Crippen LogP contribution in [0.3, 0.4) is 0 Å². The van der Waals surface area contributed by atoms with E-state index in [1.54, 1.807) is 0 Å². The summed E-state index contributed by atoms with van der Waals surface area (Å²) < 4.78 is 0. The molecule has 1 aromatic heterocycles. The fourth-order valence-electron chi connectivity index (χ4n) is 3.45. The zero-order chi connectivity index (χ0) is 13.9. The van der Waals surface area contributed by atoms with Crippen molar-refractivity contribution < 1.29 is 9.90 Å². The van der Waals surface area contributed by atoms with E-state index in [-0.39, 0.29) is 12.5 Å². The number of nitrogens with zero attached hydrogens (tertiary/aromatic N) is 1. The monoisotopic (exact) mass is 289 g/mol. The summed E-state index contributed by atoms with van der Waals surface area (Å²) in [6, 6.07) is 4.20. The molecule has 1 N–H and O–H groups in total. The van der Waals surface area contributed by atoms with Gasteiger partial charge in [0.05, 0.1) is 9.75 Å². The lowest BCUT2D eigenvalue weighted by Crippen LogP contribution is -2.38. The molecule has 2 atom stereocenters. The van der Waals surface area contributed by atoms with Gasteiger partial charge in [0, 0.05) is 12.6 Å². The number of likely N-dealkylation sites (tertiary alicyclic amines) is 1. The number of aliphatic hydroxyl groups is 1. The van der Waals surface area contributed by atoms with Gasteiger partial charge < -0.3 is 10.0 Å². The zero-order valence-corrected chi connectivity index (χ0v) is 12.3. The normalized spacial score (nSPS) is 24.9. The van der Waals surface area contributed by atoms with Gasteiger partial charge in [0.1, 0.15) is 6.61 Å². The number of hydrogen-bond donors (Lipinski definition) is 1. The second-order valence-corrected chi connectivity index (χ2v) is 6.61. The summed E-state index contributed by atoms with van der Waals surface area (Å²) in [5.41, 5.74) is 0. The minimum absolute atomic E-state index is 0.142. The average molecular weight is 289 g/mol. The Morgan fingerprint density at radius 2 is 2.20 bits per heavy atom. The lowest BCUT2D eigenvalue weighted by atomic mass is 9.85. The molecular weight excluding hydrogens is 270 g/mol. The lowest BCUT2D eigenvalue weighted by molar-refractivity contribution is 0.0695. The fourth-order valence-corrected chi connectivity index (χ4v) is 4.28. The molecule has 0 spiro atoms. The standard InChI is InChI=1S/C16H19NO2S/c18-11-3-5-13-7-8-15(20-13)16(19)17-10-9-12-4-1-2-6-14(12)17/h7-8,12,14,18H,1-2,4,6,9-11H2. The maximum absolute atomic E-state index is 12.6. The first-order chi connectivity index (χ1) is 9.79. The number of rotatable bonds is 1. The van der Waals surface area contributed by atoms with Gasteiger partial charge in [0.25, 0.3) is 5.91 Å². The molecule has 2 aliphatic rings. The van der Waals surface area contributed by atoms with Gasteiger partial charge >= 0.3 is 0 Å². The molecule has 1 aliphatic heterocycles. The van der Waals surface area contributed by atoms with Crippen molar-refractivity contribution in [2.75, 3.05) is 13.2 Å². The van der Waals surface area contributed by atoms with E-state index in [2.05, 4.69) is 16.7 Å². The van der Waals surface area contributed by atoms with Crippen LogP contribution in [0.1, 0.15) is 46.7 Å². The molecule has 3 nitrogen and oxygen atoms in total. The fraction of sp³-hybridized carbons (Fsp3) is 0.562. The molecule has 2 heterocycles. The first-order valence-corrected chi connectivity index (χ1v) is 8.12. The summed E-state index contributed by atoms with van der Waals surface area (Å²) in [5, 5.41) is 8.70. The third kappa shape index (κ3) is 2.61. The molecule has 3 rings (SSSR count). The minimum Gasteiger partial charge on any atom is -0.384 e. The zero-order valence-electron chi connectivity index (χ0n) is 11.5. The van der Waals surface area contributed by atoms with E-state index in [1.165, 1.54) is 43.4 Å². The van der Waals surface area contributed by atoms with E-state index in [1.807, 2.05) is 12.1 Å². The number of carbonyl (C=O) groups excluding carboxylic acids is 1. The first-order valence-electron chi connectivity index (χ1n) is 7.30. The van der Waals surface area contributed by atoms with Gasteiger partial charge in [-0.25, -0.2) is 0 Å². The molecule has 1 aliphatic carbocycles. The molecule has 1 saturated carbocycles. The predicted molar refractivity (Wildman–Crippen MR) is 79.7 cm³/mol. The summed E-state index contributed by atoms with van der Waals surface area (Å²) in [4.78, 5) is 16.3. The van der Waals surface area contributed by atoms with Crippen LogP contribution in [0.2, 0.25) is 0 Å². The Morgan fingerprint density at radius 1 is 1.35 bits per heavy atom. The number of hydrogen-bond acceptors (Lipinski definition) is 3. The summed E-state index contributed by atoms with van der Waals surface area (Å²) in [5.74, 6) is 6.38. The van der Waals surface area contributed by atoms with Crippen molar-refractivity contribution in [3.05, 3.63) is 21.9 Å². The van der Waals surface area contributed by atoms with Crippen molar-refractivity contribution in [3.8, 4) is 11.8 Å². The maximum atomic E-state index is 12.6. The van der Waals surface area contributed by atoms with Gasteiger partial charge in [0.2, 0.25) is 0 Å². The Morgan fingerprint density at radius 3 is 3.05 bits per heavy atom. The van der Waals surface area contributed by atoms with E-state index >= 15 is 0 Å². The predicted octanol–water partition coefficient (Wildman–Crippen LogP) is 2.50. The Bertz CT molecular complexity index is 554. The van der Waals surface area contributed by atoms with Crippen LogP contribution in [0.5, 0.6) is 0 Å². The molecule has 0 radical (unpaired) electrons. The molecule has 0 bridgehead atoms. The summed E-state index contributed by atoms with van der Waals surface area (Å²) >= 11 is 1.43. The quantitative estimate of drug-likeness (QED) is 0.807. The Balaban J connectivity index is 1.74. The van der Waals surface area contributed by atoms with Crippen molar-refractivity contribution in [3.63, 3.8) is 0 Å². The van der Waals surface area contributed by atoms with Crippen LogP contribution in [-0.2, 0) is 0 Å². The van der Waals surface area contributed by atoms with Crippen molar-refractivity contribution in [2.45, 2.75) is 38.1 Å². The summed E-state index contributed by atoms with van der Waals surface area (Å²) in [7, 11) is 0. The van der Waals surface area contributed by atoms with E-state index < -0.39 is 0 Å². The Hall–Kier alpha value is -1.31. The molecule has 0 aromatic carbocycles. The molecule has 1 saturated heterocycles. The lowest BCUT2D eigenvalue weighted by Gasteiger charge is -2.31. The van der Waals surface area contributed by atoms with Crippen LogP contribution < -0.4 is 0 Å². The summed E-state index contributed by atoms with van der Waals surface area (Å²) in [6.45, 7) is 0.765. The number of thiophene rings is 1. The molecule has 1 amide bonds. The van der Waals surface area contributed by atoms with Crippen LogP contribution in [0.15, 0.2) is 12.1 Å². The van der Waals surface area contributed by atoms with Crippen molar-refractivity contribution in [1.29, 1.82) is 0 Å². The number of aliphatic hydroxyl groups excluding tert-OH is 1. The highest BCUT2D eigenvalue weighted by Gasteiger charge is 2.38. The Labute approximate surface area is 123 Å². The Kier molecular flexibility index (Phi) is 4.09. The molecule has 106 valence electrons. The highest BCUT2D eigenvalue weighted by Crippen LogP contribution is 2.37. The van der Waals surface area contributed by atoms with Crippen LogP contribution in [0.25, 0.3) is 0 Å². The third-order valence-electron chi connectivity index (χ3n) is 4.38. The van der Waals surface area contributed by atoms with Crippen LogP contribution in [0.4, 0.5) is 0 Å². The largest absolute Gasteiger partial charge is 0.384 e. The van der Waals surface area contributed by atoms with E-state index in [9.17, 15) is 4.79 Å². The van der Waals surface area contributed by atoms with Crippen molar-refractivity contribution in [1.82, 2.24) is 4.90 Å². The molecule has 1 aromatic rings. The molecule has 2 unspecified atom stereocenters. The van der Waals surface area contributed by atoms with Crippen molar-refractivity contribution >= 4 is 17.2 Å². The number of amides is 1. The third-order valence-corrected chi connectivity index (χ3v) is 5.37. The molecule has 4 heteroatoms. The average Bonchev–Trinajstić information content (AvgIpc) is 3.11. The number of carbonyl (C=O) groups is 1. The van der Waals surface area contributed by atoms with Gasteiger partial charge in [-0.1, -0.05) is 24.7 Å². The van der Waals surface area contributed by atoms with E-state index in [0.29, 0.717) is 6.04 Å². The second-order valence-electron chi connectivity index (χ2n) is 5.52. The van der Waals surface area contributed by atoms with Crippen LogP contribution in [-0.4, -0.2) is 35.1 Å². The van der Waals surface area contributed by atoms with Gasteiger partial charge in [-0.15, -0.1) is 11.3 Å². The van der Waals surface area contributed by atoms with Crippen LogP contribution in [0, 0.1) is 17.8 Å². The molecular formula is C16H19NO2S. The van der Waals surface area contributed by atoms with Crippen LogP contribution >= 0.6 is 11.3 Å². The minimum atomic E-state index is -0.142.